The minimum Gasteiger partial charge on any atom is -0.347 e. The predicted molar refractivity (Wildman–Crippen MR) is 113 cm³/mol. The van der Waals surface area contributed by atoms with Crippen molar-refractivity contribution in [1.82, 2.24) is 5.32 Å². The quantitative estimate of drug-likeness (QED) is 0.586. The van der Waals surface area contributed by atoms with Gasteiger partial charge in [0.15, 0.2) is 0 Å². The highest BCUT2D eigenvalue weighted by molar-refractivity contribution is 6.42. The van der Waals surface area contributed by atoms with Crippen LogP contribution in [0.25, 0.3) is 0 Å². The molecule has 3 aromatic carbocycles. The Balaban J connectivity index is 1.69. The topological polar surface area (TPSA) is 58.2 Å². The fraction of sp³-hybridized carbons (Fsp3) is 0.0909. The molecule has 0 unspecified atom stereocenters. The molecule has 0 saturated heterocycles. The van der Waals surface area contributed by atoms with Gasteiger partial charge in [-0.05, 0) is 29.3 Å². The number of hydrogen-bond acceptors (Lipinski definition) is 2. The zero-order valence-electron chi connectivity index (χ0n) is 14.9. The molecule has 0 aliphatic heterocycles. The predicted octanol–water partition coefficient (Wildman–Crippen LogP) is 4.88. The minimum atomic E-state index is -0.788. The minimum absolute atomic E-state index is 0.0710. The second-order valence-corrected chi connectivity index (χ2v) is 7.01. The molecule has 3 rings (SSSR count). The standard InChI is InChI=1S/C22H18Cl2N2O2/c23-17-11-12-20(19(24)13-17)26-22(28)21(27)25-14-18(15-7-3-1-4-8-15)16-9-5-2-6-10-16/h1-13,18H,14H2,(H,25,27)(H,26,28). The Bertz CT molecular complexity index is 923. The van der Waals surface area contributed by atoms with Gasteiger partial charge in [0.05, 0.1) is 10.7 Å². The fourth-order valence-corrected chi connectivity index (χ4v) is 3.30. The molecule has 2 amide bonds. The molecule has 142 valence electrons. The molecule has 0 aliphatic carbocycles. The van der Waals surface area contributed by atoms with Crippen molar-refractivity contribution in [1.29, 1.82) is 0 Å². The molecule has 4 nitrogen and oxygen atoms in total. The molecule has 0 bridgehead atoms. The Hall–Kier alpha value is -2.82. The van der Waals surface area contributed by atoms with Crippen molar-refractivity contribution in [2.45, 2.75) is 5.92 Å². The van der Waals surface area contributed by atoms with Crippen LogP contribution in [0.3, 0.4) is 0 Å². The lowest BCUT2D eigenvalue weighted by molar-refractivity contribution is -0.136. The second kappa shape index (κ2) is 9.40. The Kier molecular flexibility index (Phi) is 6.69. The Morgan fingerprint density at radius 2 is 1.36 bits per heavy atom. The van der Waals surface area contributed by atoms with E-state index in [0.29, 0.717) is 10.7 Å². The van der Waals surface area contributed by atoms with Crippen molar-refractivity contribution in [3.05, 3.63) is 100 Å². The summed E-state index contributed by atoms with van der Waals surface area (Å²) >= 11 is 11.9. The van der Waals surface area contributed by atoms with Gasteiger partial charge in [0.2, 0.25) is 0 Å². The maximum absolute atomic E-state index is 12.3. The number of nitrogens with one attached hydrogen (secondary N) is 2. The Morgan fingerprint density at radius 3 is 1.89 bits per heavy atom. The summed E-state index contributed by atoms with van der Waals surface area (Å²) < 4.78 is 0. The van der Waals surface area contributed by atoms with E-state index in [9.17, 15) is 9.59 Å². The van der Waals surface area contributed by atoms with Gasteiger partial charge in [0.1, 0.15) is 0 Å². The highest BCUT2D eigenvalue weighted by atomic mass is 35.5. The molecular formula is C22H18Cl2N2O2. The van der Waals surface area contributed by atoms with Gasteiger partial charge in [-0.25, -0.2) is 0 Å². The molecule has 0 spiro atoms. The monoisotopic (exact) mass is 412 g/mol. The third-order valence-corrected chi connectivity index (χ3v) is 4.80. The van der Waals surface area contributed by atoms with Crippen LogP contribution in [0.4, 0.5) is 5.69 Å². The van der Waals surface area contributed by atoms with Crippen LogP contribution in [-0.2, 0) is 9.59 Å². The zero-order chi connectivity index (χ0) is 19.9. The van der Waals surface area contributed by atoms with E-state index in [4.69, 9.17) is 23.2 Å². The van der Waals surface area contributed by atoms with Gasteiger partial charge in [0, 0.05) is 17.5 Å². The summed E-state index contributed by atoms with van der Waals surface area (Å²) in [5.41, 5.74) is 2.43. The van der Waals surface area contributed by atoms with Gasteiger partial charge >= 0.3 is 11.8 Å². The second-order valence-electron chi connectivity index (χ2n) is 6.16. The number of carbonyl (C=O) groups is 2. The highest BCUT2D eigenvalue weighted by Gasteiger charge is 2.19. The van der Waals surface area contributed by atoms with Crippen LogP contribution in [0.15, 0.2) is 78.9 Å². The molecule has 6 heteroatoms. The van der Waals surface area contributed by atoms with Crippen LogP contribution < -0.4 is 10.6 Å². The van der Waals surface area contributed by atoms with E-state index >= 15 is 0 Å². The molecule has 0 aliphatic rings. The van der Waals surface area contributed by atoms with Crippen LogP contribution in [-0.4, -0.2) is 18.4 Å². The molecule has 28 heavy (non-hydrogen) atoms. The number of halogens is 2. The molecule has 2 N–H and O–H groups in total. The van der Waals surface area contributed by atoms with Gasteiger partial charge in [-0.3, -0.25) is 9.59 Å². The van der Waals surface area contributed by atoms with Crippen LogP contribution in [0, 0.1) is 0 Å². The summed E-state index contributed by atoms with van der Waals surface area (Å²) in [6.45, 7) is 0.286. The van der Waals surface area contributed by atoms with Crippen molar-refractivity contribution < 1.29 is 9.59 Å². The number of anilines is 1. The summed E-state index contributed by atoms with van der Waals surface area (Å²) in [6, 6.07) is 24.3. The van der Waals surface area contributed by atoms with Crippen molar-refractivity contribution in [2.24, 2.45) is 0 Å². The SMILES string of the molecule is O=C(NCC(c1ccccc1)c1ccccc1)C(=O)Nc1ccc(Cl)cc1Cl. The number of benzene rings is 3. The third-order valence-electron chi connectivity index (χ3n) is 4.26. The maximum Gasteiger partial charge on any atom is 0.313 e. The number of amides is 2. The Morgan fingerprint density at radius 1 is 0.786 bits per heavy atom. The van der Waals surface area contributed by atoms with E-state index in [1.807, 2.05) is 60.7 Å². The average molecular weight is 413 g/mol. The number of rotatable bonds is 5. The van der Waals surface area contributed by atoms with Gasteiger partial charge < -0.3 is 10.6 Å². The molecule has 0 saturated carbocycles. The molecule has 0 heterocycles. The number of hydrogen-bond donors (Lipinski definition) is 2. The Labute approximate surface area is 173 Å². The molecule has 0 atom stereocenters. The lowest BCUT2D eigenvalue weighted by Gasteiger charge is -2.18. The summed E-state index contributed by atoms with van der Waals surface area (Å²) in [4.78, 5) is 24.5. The number of carbonyl (C=O) groups excluding carboxylic acids is 2. The van der Waals surface area contributed by atoms with Crippen LogP contribution in [0.5, 0.6) is 0 Å². The smallest absolute Gasteiger partial charge is 0.313 e. The molecule has 3 aromatic rings. The van der Waals surface area contributed by atoms with Gasteiger partial charge in [-0.1, -0.05) is 83.9 Å². The van der Waals surface area contributed by atoms with Crippen LogP contribution >= 0.6 is 23.2 Å². The van der Waals surface area contributed by atoms with Crippen molar-refractivity contribution in [3.63, 3.8) is 0 Å². The first kappa shape index (κ1) is 19.9. The van der Waals surface area contributed by atoms with E-state index in [2.05, 4.69) is 10.6 Å². The highest BCUT2D eigenvalue weighted by Crippen LogP contribution is 2.26. The van der Waals surface area contributed by atoms with E-state index < -0.39 is 11.8 Å². The van der Waals surface area contributed by atoms with Gasteiger partial charge in [-0.15, -0.1) is 0 Å². The summed E-state index contributed by atoms with van der Waals surface area (Å²) in [6.07, 6.45) is 0. The largest absolute Gasteiger partial charge is 0.347 e. The molecular weight excluding hydrogens is 395 g/mol. The van der Waals surface area contributed by atoms with Crippen molar-refractivity contribution in [2.75, 3.05) is 11.9 Å². The van der Waals surface area contributed by atoms with Crippen LogP contribution in [0.2, 0.25) is 10.0 Å². The van der Waals surface area contributed by atoms with E-state index in [-0.39, 0.29) is 17.5 Å². The average Bonchev–Trinajstić information content (AvgIpc) is 2.71. The van der Waals surface area contributed by atoms with Crippen LogP contribution in [0.1, 0.15) is 17.0 Å². The fourth-order valence-electron chi connectivity index (χ4n) is 2.84. The van der Waals surface area contributed by atoms with E-state index in [1.54, 1.807) is 12.1 Å². The molecule has 0 fully saturated rings. The first-order chi connectivity index (χ1) is 13.5. The molecule has 0 aromatic heterocycles. The lowest BCUT2D eigenvalue weighted by Crippen LogP contribution is -2.37. The van der Waals surface area contributed by atoms with Gasteiger partial charge in [0.25, 0.3) is 0 Å². The van der Waals surface area contributed by atoms with E-state index in [0.717, 1.165) is 11.1 Å². The summed E-state index contributed by atoms with van der Waals surface area (Å²) in [5.74, 6) is -1.59. The van der Waals surface area contributed by atoms with E-state index in [1.165, 1.54) is 6.07 Å². The normalized spacial score (nSPS) is 10.5. The molecule has 0 radical (unpaired) electrons. The summed E-state index contributed by atoms with van der Waals surface area (Å²) in [7, 11) is 0. The maximum atomic E-state index is 12.3. The lowest BCUT2D eigenvalue weighted by atomic mass is 9.91. The third kappa shape index (κ3) is 5.12. The zero-order valence-corrected chi connectivity index (χ0v) is 16.4. The van der Waals surface area contributed by atoms with Crippen molar-refractivity contribution >= 4 is 40.7 Å². The van der Waals surface area contributed by atoms with Gasteiger partial charge in [-0.2, -0.15) is 0 Å². The van der Waals surface area contributed by atoms with Crippen molar-refractivity contribution in [3.8, 4) is 0 Å². The summed E-state index contributed by atoms with van der Waals surface area (Å²) in [5, 5.41) is 5.92. The first-order valence-electron chi connectivity index (χ1n) is 8.68. The first-order valence-corrected chi connectivity index (χ1v) is 9.44.